The van der Waals surface area contributed by atoms with Gasteiger partial charge in [-0.1, -0.05) is 0 Å². The van der Waals surface area contributed by atoms with Gasteiger partial charge in [0.05, 0.1) is 0 Å². The first-order valence-electron chi connectivity index (χ1n) is 5.09. The number of anilines is 1. The zero-order valence-corrected chi connectivity index (χ0v) is 8.14. The third kappa shape index (κ3) is 1.43. The van der Waals surface area contributed by atoms with Gasteiger partial charge in [-0.05, 0) is 17.9 Å². The molecule has 1 aliphatic heterocycles. The molecule has 3 rings (SSSR count). The van der Waals surface area contributed by atoms with Crippen molar-refractivity contribution in [3.8, 4) is 6.07 Å². The predicted octanol–water partition coefficient (Wildman–Crippen LogP) is -0.0220. The van der Waals surface area contributed by atoms with E-state index >= 15 is 0 Å². The van der Waals surface area contributed by atoms with Crippen molar-refractivity contribution in [1.82, 2.24) is 15.3 Å². The highest BCUT2D eigenvalue weighted by atomic mass is 15.2. The van der Waals surface area contributed by atoms with Gasteiger partial charge in [0, 0.05) is 25.3 Å². The molecular weight excluding hydrogens is 190 g/mol. The molecule has 1 saturated heterocycles. The van der Waals surface area contributed by atoms with Crippen LogP contribution in [0.15, 0.2) is 12.3 Å². The van der Waals surface area contributed by atoms with Gasteiger partial charge in [0.2, 0.25) is 5.95 Å². The van der Waals surface area contributed by atoms with E-state index in [9.17, 15) is 0 Å². The molecule has 76 valence electrons. The van der Waals surface area contributed by atoms with Gasteiger partial charge in [0.1, 0.15) is 11.8 Å². The largest absolute Gasteiger partial charge is 0.351 e. The highest BCUT2D eigenvalue weighted by Gasteiger charge is 2.53. The Bertz CT molecular complexity index is 414. The monoisotopic (exact) mass is 201 g/mol. The number of fused-ring (bicyclic) bond motifs is 1. The highest BCUT2D eigenvalue weighted by Crippen LogP contribution is 2.43. The number of piperidine rings is 1. The van der Waals surface area contributed by atoms with Crippen molar-refractivity contribution < 1.29 is 0 Å². The summed E-state index contributed by atoms with van der Waals surface area (Å²) in [5, 5.41) is 15.3. The second kappa shape index (κ2) is 3.17. The lowest BCUT2D eigenvalue weighted by molar-refractivity contribution is 0.693. The summed E-state index contributed by atoms with van der Waals surface area (Å²) in [6.45, 7) is 2.17. The molecule has 0 aromatic carbocycles. The lowest BCUT2D eigenvalue weighted by atomic mass is 10.4. The Balaban J connectivity index is 1.70. The molecular formula is C10H11N5. The molecule has 5 nitrogen and oxygen atoms in total. The van der Waals surface area contributed by atoms with Crippen molar-refractivity contribution in [3.63, 3.8) is 0 Å². The van der Waals surface area contributed by atoms with Crippen LogP contribution in [0.1, 0.15) is 5.69 Å². The van der Waals surface area contributed by atoms with Gasteiger partial charge < -0.3 is 10.6 Å². The van der Waals surface area contributed by atoms with E-state index in [2.05, 4.69) is 20.6 Å². The van der Waals surface area contributed by atoms with Gasteiger partial charge >= 0.3 is 0 Å². The van der Waals surface area contributed by atoms with E-state index in [1.807, 2.05) is 6.07 Å². The Morgan fingerprint density at radius 3 is 3.00 bits per heavy atom. The number of nitrogens with zero attached hydrogens (tertiary/aromatic N) is 3. The van der Waals surface area contributed by atoms with E-state index in [1.54, 1.807) is 12.3 Å². The Kier molecular flexibility index (Phi) is 1.82. The summed E-state index contributed by atoms with van der Waals surface area (Å²) in [5.74, 6) is 2.02. The second-order valence-electron chi connectivity index (χ2n) is 4.03. The van der Waals surface area contributed by atoms with Crippen LogP contribution in [0.4, 0.5) is 5.95 Å². The topological polar surface area (TPSA) is 73.6 Å². The fourth-order valence-electron chi connectivity index (χ4n) is 2.27. The first kappa shape index (κ1) is 8.62. The maximum atomic E-state index is 8.70. The fourth-order valence-corrected chi connectivity index (χ4v) is 2.27. The third-order valence-corrected chi connectivity index (χ3v) is 3.16. The molecule has 2 unspecified atom stereocenters. The molecule has 5 heteroatoms. The minimum absolute atomic E-state index is 0.413. The van der Waals surface area contributed by atoms with Crippen LogP contribution in [-0.4, -0.2) is 29.1 Å². The van der Waals surface area contributed by atoms with E-state index < -0.39 is 0 Å². The molecule has 0 amide bonds. The van der Waals surface area contributed by atoms with Gasteiger partial charge in [-0.25, -0.2) is 9.97 Å². The third-order valence-electron chi connectivity index (χ3n) is 3.16. The summed E-state index contributed by atoms with van der Waals surface area (Å²) in [7, 11) is 0. The molecule has 1 aromatic heterocycles. The number of hydrogen-bond donors (Lipinski definition) is 2. The second-order valence-corrected chi connectivity index (χ2v) is 4.03. The van der Waals surface area contributed by atoms with Crippen LogP contribution < -0.4 is 10.6 Å². The maximum absolute atomic E-state index is 8.70. The predicted molar refractivity (Wildman–Crippen MR) is 54.0 cm³/mol. The van der Waals surface area contributed by atoms with Crippen molar-refractivity contribution in [3.05, 3.63) is 18.0 Å². The molecule has 15 heavy (non-hydrogen) atoms. The van der Waals surface area contributed by atoms with Gasteiger partial charge in [0.15, 0.2) is 0 Å². The van der Waals surface area contributed by atoms with Crippen LogP contribution in [0.3, 0.4) is 0 Å². The Morgan fingerprint density at radius 1 is 1.47 bits per heavy atom. The summed E-state index contributed by atoms with van der Waals surface area (Å²) in [6, 6.07) is 4.12. The summed E-state index contributed by atoms with van der Waals surface area (Å²) >= 11 is 0. The summed E-state index contributed by atoms with van der Waals surface area (Å²) < 4.78 is 0. The molecule has 1 aliphatic carbocycles. The van der Waals surface area contributed by atoms with Gasteiger partial charge in [-0.15, -0.1) is 0 Å². The Labute approximate surface area is 87.5 Å². The minimum Gasteiger partial charge on any atom is -0.351 e. The van der Waals surface area contributed by atoms with E-state index in [1.165, 1.54) is 0 Å². The number of nitrogens with one attached hydrogen (secondary N) is 2. The fraction of sp³-hybridized carbons (Fsp3) is 0.500. The van der Waals surface area contributed by atoms with E-state index in [4.69, 9.17) is 5.26 Å². The highest BCUT2D eigenvalue weighted by molar-refractivity contribution is 5.35. The average Bonchev–Trinajstić information content (AvgIpc) is 2.75. The molecule has 2 N–H and O–H groups in total. The van der Waals surface area contributed by atoms with Gasteiger partial charge in [-0.2, -0.15) is 5.26 Å². The molecule has 2 heterocycles. The molecule has 1 saturated carbocycles. The molecule has 0 bridgehead atoms. The summed E-state index contributed by atoms with van der Waals surface area (Å²) in [4.78, 5) is 8.20. The van der Waals surface area contributed by atoms with Crippen LogP contribution in [-0.2, 0) is 0 Å². The lowest BCUT2D eigenvalue weighted by Crippen LogP contribution is -2.22. The number of hydrogen-bond acceptors (Lipinski definition) is 5. The zero-order valence-electron chi connectivity index (χ0n) is 8.14. The zero-order chi connectivity index (χ0) is 10.3. The standard InChI is InChI=1S/C10H11N5/c11-3-6-1-2-13-10(14-6)15-9-7-4-12-5-8(7)9/h1-2,7-9,12H,4-5H2,(H,13,14,15). The molecule has 0 radical (unpaired) electrons. The van der Waals surface area contributed by atoms with Gasteiger partial charge in [-0.3, -0.25) is 0 Å². The van der Waals surface area contributed by atoms with Crippen LogP contribution >= 0.6 is 0 Å². The van der Waals surface area contributed by atoms with Crippen LogP contribution in [0, 0.1) is 23.2 Å². The van der Waals surface area contributed by atoms with Crippen molar-refractivity contribution >= 4 is 5.95 Å². The molecule has 0 spiro atoms. The van der Waals surface area contributed by atoms with Crippen LogP contribution in [0.2, 0.25) is 0 Å². The molecule has 1 aromatic rings. The number of rotatable bonds is 2. The molecule has 2 atom stereocenters. The van der Waals surface area contributed by atoms with E-state index in [-0.39, 0.29) is 0 Å². The van der Waals surface area contributed by atoms with Crippen molar-refractivity contribution in [2.24, 2.45) is 11.8 Å². The summed E-state index contributed by atoms with van der Waals surface area (Å²) in [5.41, 5.74) is 0.413. The average molecular weight is 201 g/mol. The first-order valence-corrected chi connectivity index (χ1v) is 5.09. The number of nitriles is 1. The van der Waals surface area contributed by atoms with Crippen LogP contribution in [0.25, 0.3) is 0 Å². The Hall–Kier alpha value is -1.67. The smallest absolute Gasteiger partial charge is 0.224 e. The maximum Gasteiger partial charge on any atom is 0.224 e. The normalized spacial score (nSPS) is 31.8. The number of aromatic nitrogens is 2. The van der Waals surface area contributed by atoms with Crippen molar-refractivity contribution in [2.45, 2.75) is 6.04 Å². The van der Waals surface area contributed by atoms with Crippen molar-refractivity contribution in [2.75, 3.05) is 18.4 Å². The molecule has 2 aliphatic rings. The Morgan fingerprint density at radius 2 is 2.27 bits per heavy atom. The van der Waals surface area contributed by atoms with Gasteiger partial charge in [0.25, 0.3) is 0 Å². The molecule has 2 fully saturated rings. The van der Waals surface area contributed by atoms with Crippen molar-refractivity contribution in [1.29, 1.82) is 5.26 Å². The lowest BCUT2D eigenvalue weighted by Gasteiger charge is -2.06. The summed E-state index contributed by atoms with van der Waals surface area (Å²) in [6.07, 6.45) is 1.62. The van der Waals surface area contributed by atoms with E-state index in [0.717, 1.165) is 24.9 Å². The minimum atomic E-state index is 0.413. The SMILES string of the molecule is N#Cc1ccnc(NC2C3CNCC32)n1. The van der Waals surface area contributed by atoms with E-state index in [0.29, 0.717) is 17.7 Å². The van der Waals surface area contributed by atoms with Crippen LogP contribution in [0.5, 0.6) is 0 Å². The first-order chi connectivity index (χ1) is 7.38. The quantitative estimate of drug-likeness (QED) is 0.703.